The van der Waals surface area contributed by atoms with E-state index in [-0.39, 0.29) is 5.56 Å². The summed E-state index contributed by atoms with van der Waals surface area (Å²) in [5, 5.41) is 14.4. The van der Waals surface area contributed by atoms with E-state index in [2.05, 4.69) is 25.6 Å². The van der Waals surface area contributed by atoms with Gasteiger partial charge >= 0.3 is 12.1 Å². The number of hydrogen-bond acceptors (Lipinski definition) is 11. The van der Waals surface area contributed by atoms with Crippen LogP contribution in [0, 0.1) is 0 Å². The molecule has 0 aliphatic carbocycles. The van der Waals surface area contributed by atoms with Crippen molar-refractivity contribution in [3.8, 4) is 28.5 Å². The second-order valence-electron chi connectivity index (χ2n) is 10.3. The molecule has 0 saturated carbocycles. The average molecular weight is 613 g/mol. The quantitative estimate of drug-likeness (QED) is 0.157. The SMILES string of the molecule is CCOc1nc2cccc(C(=O)OC(C)OC(=O)OC3CCCCO3)c2n1Cc1ccc(-c2ccccc2-c2nn[nH]n2)cc1. The number of carbonyl (C=O) groups excluding carboxylic acids is 2. The second-order valence-corrected chi connectivity index (χ2v) is 10.3. The van der Waals surface area contributed by atoms with Gasteiger partial charge in [0, 0.05) is 18.9 Å². The maximum absolute atomic E-state index is 13.4. The summed E-state index contributed by atoms with van der Waals surface area (Å²) in [6.45, 7) is 4.58. The molecule has 3 aromatic carbocycles. The lowest BCUT2D eigenvalue weighted by Crippen LogP contribution is -2.29. The molecule has 0 spiro atoms. The highest BCUT2D eigenvalue weighted by Gasteiger charge is 2.25. The number of carbonyl (C=O) groups is 2. The Morgan fingerprint density at radius 3 is 2.58 bits per heavy atom. The summed E-state index contributed by atoms with van der Waals surface area (Å²) in [5.74, 6) is -0.178. The molecule has 2 unspecified atom stereocenters. The number of esters is 1. The van der Waals surface area contributed by atoms with Gasteiger partial charge in [-0.05, 0) is 53.8 Å². The summed E-state index contributed by atoms with van der Waals surface area (Å²) < 4.78 is 28.9. The summed E-state index contributed by atoms with van der Waals surface area (Å²) >= 11 is 0. The smallest absolute Gasteiger partial charge is 0.465 e. The monoisotopic (exact) mass is 612 g/mol. The summed E-state index contributed by atoms with van der Waals surface area (Å²) in [6.07, 6.45) is -0.430. The van der Waals surface area contributed by atoms with Crippen LogP contribution in [-0.2, 0) is 25.5 Å². The van der Waals surface area contributed by atoms with Crippen molar-refractivity contribution in [1.29, 1.82) is 0 Å². The fraction of sp³-hybridized carbons (Fsp3) is 0.312. The number of benzene rings is 3. The van der Waals surface area contributed by atoms with Gasteiger partial charge in [-0.1, -0.05) is 54.6 Å². The molecule has 1 aliphatic heterocycles. The molecule has 1 saturated heterocycles. The largest absolute Gasteiger partial charge is 0.513 e. The molecule has 6 rings (SSSR count). The first-order valence-corrected chi connectivity index (χ1v) is 14.7. The van der Waals surface area contributed by atoms with Crippen molar-refractivity contribution < 1.29 is 33.3 Å². The highest BCUT2D eigenvalue weighted by Crippen LogP contribution is 2.31. The lowest BCUT2D eigenvalue weighted by atomic mass is 9.98. The zero-order chi connectivity index (χ0) is 31.2. The van der Waals surface area contributed by atoms with E-state index in [4.69, 9.17) is 23.7 Å². The average Bonchev–Trinajstić information content (AvgIpc) is 3.71. The zero-order valence-corrected chi connectivity index (χ0v) is 24.8. The van der Waals surface area contributed by atoms with E-state index in [9.17, 15) is 9.59 Å². The maximum Gasteiger partial charge on any atom is 0.513 e. The molecule has 0 radical (unpaired) electrons. The third-order valence-corrected chi connectivity index (χ3v) is 7.24. The lowest BCUT2D eigenvalue weighted by Gasteiger charge is -2.22. The molecule has 232 valence electrons. The Morgan fingerprint density at radius 1 is 1.02 bits per heavy atom. The fourth-order valence-electron chi connectivity index (χ4n) is 5.21. The molecule has 3 heterocycles. The normalized spacial score (nSPS) is 15.4. The molecular formula is C32H32N6O7. The van der Waals surface area contributed by atoms with Crippen LogP contribution in [0.25, 0.3) is 33.5 Å². The Morgan fingerprint density at radius 2 is 1.84 bits per heavy atom. The van der Waals surface area contributed by atoms with Crippen LogP contribution in [0.5, 0.6) is 6.01 Å². The molecule has 2 atom stereocenters. The van der Waals surface area contributed by atoms with Crippen LogP contribution >= 0.6 is 0 Å². The third kappa shape index (κ3) is 6.78. The number of tetrazole rings is 1. The number of ether oxygens (including phenoxy) is 5. The van der Waals surface area contributed by atoms with Gasteiger partial charge in [-0.25, -0.2) is 9.59 Å². The maximum atomic E-state index is 13.4. The van der Waals surface area contributed by atoms with Crippen molar-refractivity contribution >= 4 is 23.2 Å². The minimum atomic E-state index is -1.20. The van der Waals surface area contributed by atoms with Gasteiger partial charge in [-0.3, -0.25) is 4.57 Å². The van der Waals surface area contributed by atoms with Crippen LogP contribution in [0.3, 0.4) is 0 Å². The molecule has 45 heavy (non-hydrogen) atoms. The topological polar surface area (TPSA) is 153 Å². The molecule has 1 N–H and O–H groups in total. The third-order valence-electron chi connectivity index (χ3n) is 7.24. The number of nitrogens with zero attached hydrogens (tertiary/aromatic N) is 5. The van der Waals surface area contributed by atoms with Crippen molar-refractivity contribution in [2.24, 2.45) is 0 Å². The zero-order valence-electron chi connectivity index (χ0n) is 24.8. The molecular weight excluding hydrogens is 580 g/mol. The van der Waals surface area contributed by atoms with Crippen molar-refractivity contribution in [2.45, 2.75) is 52.2 Å². The Kier molecular flexibility index (Phi) is 8.96. The van der Waals surface area contributed by atoms with Gasteiger partial charge in [0.2, 0.25) is 18.4 Å². The van der Waals surface area contributed by atoms with Crippen molar-refractivity contribution in [2.75, 3.05) is 13.2 Å². The van der Waals surface area contributed by atoms with E-state index in [0.29, 0.717) is 49.0 Å². The van der Waals surface area contributed by atoms with Crippen molar-refractivity contribution in [3.05, 3.63) is 77.9 Å². The van der Waals surface area contributed by atoms with E-state index in [1.54, 1.807) is 18.2 Å². The fourth-order valence-corrected chi connectivity index (χ4v) is 5.21. The number of fused-ring (bicyclic) bond motifs is 1. The molecule has 0 bridgehead atoms. The van der Waals surface area contributed by atoms with Crippen LogP contribution in [0.15, 0.2) is 66.7 Å². The van der Waals surface area contributed by atoms with E-state index in [1.807, 2.05) is 60.0 Å². The van der Waals surface area contributed by atoms with E-state index in [0.717, 1.165) is 35.1 Å². The Hall–Kier alpha value is -5.30. The van der Waals surface area contributed by atoms with Gasteiger partial charge < -0.3 is 23.7 Å². The first kappa shape index (κ1) is 29.8. The molecule has 13 nitrogen and oxygen atoms in total. The predicted octanol–water partition coefficient (Wildman–Crippen LogP) is 5.51. The minimum Gasteiger partial charge on any atom is -0.465 e. The highest BCUT2D eigenvalue weighted by atomic mass is 16.8. The lowest BCUT2D eigenvalue weighted by molar-refractivity contribution is -0.159. The molecule has 1 fully saturated rings. The highest BCUT2D eigenvalue weighted by molar-refractivity contribution is 6.02. The van der Waals surface area contributed by atoms with E-state index < -0.39 is 24.7 Å². The van der Waals surface area contributed by atoms with Gasteiger partial charge in [0.05, 0.1) is 36.4 Å². The van der Waals surface area contributed by atoms with Crippen LogP contribution in [-0.4, -0.2) is 68.1 Å². The standard InChI is InChI=1S/C32H32N6O7/c1-3-41-31-33-26-12-8-11-25(30(39)43-20(2)44-32(40)45-27-13-6-7-18-42-27)28(26)38(31)19-21-14-16-22(17-15-21)23-9-4-5-10-24(23)29-34-36-37-35-29/h4-5,8-12,14-17,20,27H,3,6-7,13,18-19H2,1-2H3,(H,34,35,36,37). The first-order chi connectivity index (χ1) is 22.0. The predicted molar refractivity (Wildman–Crippen MR) is 161 cm³/mol. The Bertz CT molecular complexity index is 1760. The molecule has 0 amide bonds. The Balaban J connectivity index is 1.22. The summed E-state index contributed by atoms with van der Waals surface area (Å²) in [7, 11) is 0. The van der Waals surface area contributed by atoms with Crippen molar-refractivity contribution in [3.63, 3.8) is 0 Å². The van der Waals surface area contributed by atoms with Gasteiger partial charge in [0.25, 0.3) is 6.01 Å². The van der Waals surface area contributed by atoms with Crippen LogP contribution in [0.4, 0.5) is 4.79 Å². The number of hydrogen-bond donors (Lipinski definition) is 1. The summed E-state index contributed by atoms with van der Waals surface area (Å²) in [6, 6.07) is 21.4. The number of nitrogens with one attached hydrogen (secondary N) is 1. The number of aromatic nitrogens is 6. The first-order valence-electron chi connectivity index (χ1n) is 14.7. The van der Waals surface area contributed by atoms with Gasteiger partial charge in [-0.15, -0.1) is 10.2 Å². The van der Waals surface area contributed by atoms with E-state index in [1.165, 1.54) is 6.92 Å². The summed E-state index contributed by atoms with van der Waals surface area (Å²) in [4.78, 5) is 30.2. The van der Waals surface area contributed by atoms with Crippen LogP contribution in [0.2, 0.25) is 0 Å². The molecule has 2 aromatic heterocycles. The number of aromatic amines is 1. The number of imidazole rings is 1. The molecule has 5 aromatic rings. The van der Waals surface area contributed by atoms with Crippen LogP contribution in [0.1, 0.15) is 49.0 Å². The Labute approximate surface area is 258 Å². The van der Waals surface area contributed by atoms with E-state index >= 15 is 0 Å². The molecule has 1 aliphatic rings. The second kappa shape index (κ2) is 13.6. The van der Waals surface area contributed by atoms with Crippen molar-refractivity contribution in [1.82, 2.24) is 30.2 Å². The van der Waals surface area contributed by atoms with Gasteiger partial charge in [0.15, 0.2) is 0 Å². The summed E-state index contributed by atoms with van der Waals surface area (Å²) in [5.41, 5.74) is 5.08. The number of rotatable bonds is 10. The molecule has 13 heteroatoms. The van der Waals surface area contributed by atoms with Gasteiger partial charge in [0.1, 0.15) is 0 Å². The number of para-hydroxylation sites is 1. The minimum absolute atomic E-state index is 0.246. The number of H-pyrrole nitrogens is 1. The van der Waals surface area contributed by atoms with Crippen LogP contribution < -0.4 is 4.74 Å². The van der Waals surface area contributed by atoms with Gasteiger partial charge in [-0.2, -0.15) is 10.2 Å².